The highest BCUT2D eigenvalue weighted by Gasteiger charge is 2.23. The quantitative estimate of drug-likeness (QED) is 0.167. The predicted octanol–water partition coefficient (Wildman–Crippen LogP) is 15.8. The minimum Gasteiger partial charge on any atom is -0.333 e. The number of fused-ring (bicyclic) bond motifs is 9. The molecule has 0 fully saturated rings. The Morgan fingerprint density at radius 3 is 2.06 bits per heavy atom. The summed E-state index contributed by atoms with van der Waals surface area (Å²) in [7, 11) is 0. The highest BCUT2D eigenvalue weighted by molar-refractivity contribution is 6.15. The molecule has 4 aromatic heterocycles. The van der Waals surface area contributed by atoms with E-state index in [1.54, 1.807) is 0 Å². The molecule has 0 aliphatic heterocycles. The molecule has 2 aliphatic rings. The first kappa shape index (κ1) is 37.8. The van der Waals surface area contributed by atoms with Crippen LogP contribution in [0.15, 0.2) is 212 Å². The van der Waals surface area contributed by atoms with Crippen molar-refractivity contribution >= 4 is 77.2 Å². The van der Waals surface area contributed by atoms with Crippen molar-refractivity contribution in [3.63, 3.8) is 0 Å². The largest absolute Gasteiger partial charge is 0.333 e. The zero-order chi connectivity index (χ0) is 44.0. The van der Waals surface area contributed by atoms with Gasteiger partial charge in [-0.15, -0.1) is 0 Å². The van der Waals surface area contributed by atoms with Crippen LogP contribution in [0.3, 0.4) is 0 Å². The van der Waals surface area contributed by atoms with Crippen LogP contribution in [0.25, 0.3) is 117 Å². The summed E-state index contributed by atoms with van der Waals surface area (Å²) in [5.41, 5.74) is 17.4. The number of hydrogen-bond donors (Lipinski definition) is 0. The fourth-order valence-corrected chi connectivity index (χ4v) is 11.0. The van der Waals surface area contributed by atoms with Crippen molar-refractivity contribution in [2.75, 3.05) is 0 Å². The fourth-order valence-electron chi connectivity index (χ4n) is 11.0. The van der Waals surface area contributed by atoms with Gasteiger partial charge in [-0.25, -0.2) is 9.97 Å². The first-order chi connectivity index (χ1) is 33.2. The summed E-state index contributed by atoms with van der Waals surface area (Å²) in [6.45, 7) is 0. The molecule has 8 aromatic carbocycles. The lowest BCUT2D eigenvalue weighted by molar-refractivity contribution is 0.636. The summed E-state index contributed by atoms with van der Waals surface area (Å²) in [6.07, 6.45) is 17.0. The summed E-state index contributed by atoms with van der Waals surface area (Å²) in [4.78, 5) is 10.7. The van der Waals surface area contributed by atoms with E-state index in [0.717, 1.165) is 58.0 Å². The smallest absolute Gasteiger partial charge is 0.235 e. The Morgan fingerprint density at radius 1 is 0.463 bits per heavy atom. The SMILES string of the molecule is C1=CC(n2ccc3cc4c5cc(-c6ccc7c(c6)c6ccccc6n7-c6nc(-c7cccc(-c8ccccc8)c7)c7ccccc7n6)ccc5n(C5C=Cc6ccccc6C5)c4cc32)=CCC1. The van der Waals surface area contributed by atoms with Gasteiger partial charge in [0.2, 0.25) is 5.95 Å². The highest BCUT2D eigenvalue weighted by Crippen LogP contribution is 2.42. The molecule has 12 aromatic rings. The van der Waals surface area contributed by atoms with Crippen LogP contribution >= 0.6 is 0 Å². The standard InChI is InChI=1S/C62H43N5/c1-3-14-40(15-4-1)42-18-13-19-47(34-42)61-51-23-9-11-24-55(51)63-62(64-61)67-56-25-12-10-22-50(56)52-36-44(28-31-58(52)67)45-27-30-57-53(37-45)54-38-46-32-33-65(48-20-5-2-6-21-48)59(46)39-60(54)66(57)49-29-26-41-16-7-8-17-43(41)35-49/h1,3-5,7-34,36-39,49H,2,6,35H2. The first-order valence-corrected chi connectivity index (χ1v) is 23.4. The summed E-state index contributed by atoms with van der Waals surface area (Å²) < 4.78 is 7.20. The summed E-state index contributed by atoms with van der Waals surface area (Å²) in [5, 5.41) is 7.15. The van der Waals surface area contributed by atoms with Crippen LogP contribution in [0.5, 0.6) is 0 Å². The Balaban J connectivity index is 0.931. The molecule has 0 radical (unpaired) electrons. The third kappa shape index (κ3) is 6.08. The van der Waals surface area contributed by atoms with Crippen LogP contribution in [0.4, 0.5) is 0 Å². The van der Waals surface area contributed by atoms with Crippen LogP contribution in [0, 0.1) is 0 Å². The van der Waals surface area contributed by atoms with E-state index in [1.165, 1.54) is 77.0 Å². The Labute approximate surface area is 387 Å². The van der Waals surface area contributed by atoms with Crippen molar-refractivity contribution in [2.24, 2.45) is 0 Å². The maximum atomic E-state index is 5.43. The number of allylic oxidation sites excluding steroid dienone is 5. The molecule has 5 heteroatoms. The maximum Gasteiger partial charge on any atom is 0.235 e. The predicted molar refractivity (Wildman–Crippen MR) is 280 cm³/mol. The molecule has 0 N–H and O–H groups in total. The lowest BCUT2D eigenvalue weighted by Crippen LogP contribution is -2.13. The molecule has 1 unspecified atom stereocenters. The molecule has 2 aliphatic carbocycles. The molecule has 0 bridgehead atoms. The van der Waals surface area contributed by atoms with E-state index in [1.807, 2.05) is 0 Å². The van der Waals surface area contributed by atoms with E-state index in [9.17, 15) is 0 Å². The molecule has 14 rings (SSSR count). The number of aromatic nitrogens is 5. The highest BCUT2D eigenvalue weighted by atomic mass is 15.2. The van der Waals surface area contributed by atoms with Gasteiger partial charge in [0.25, 0.3) is 0 Å². The van der Waals surface area contributed by atoms with E-state index < -0.39 is 0 Å². The van der Waals surface area contributed by atoms with Gasteiger partial charge < -0.3 is 9.13 Å². The summed E-state index contributed by atoms with van der Waals surface area (Å²) in [5.74, 6) is 0.655. The zero-order valence-electron chi connectivity index (χ0n) is 36.7. The Bertz CT molecular complexity index is 4080. The number of para-hydroxylation sites is 2. The lowest BCUT2D eigenvalue weighted by Gasteiger charge is -2.23. The molecule has 5 nitrogen and oxygen atoms in total. The number of nitrogens with zero attached hydrogens (tertiary/aromatic N) is 5. The van der Waals surface area contributed by atoms with Gasteiger partial charge in [0.1, 0.15) is 0 Å². The minimum absolute atomic E-state index is 0.184. The molecular weight excluding hydrogens is 815 g/mol. The van der Waals surface area contributed by atoms with Gasteiger partial charge in [-0.1, -0.05) is 146 Å². The van der Waals surface area contributed by atoms with Crippen molar-refractivity contribution in [3.8, 4) is 39.5 Å². The lowest BCUT2D eigenvalue weighted by atomic mass is 9.94. The van der Waals surface area contributed by atoms with E-state index in [0.29, 0.717) is 5.95 Å². The van der Waals surface area contributed by atoms with E-state index in [4.69, 9.17) is 9.97 Å². The second-order valence-electron chi connectivity index (χ2n) is 18.1. The molecule has 316 valence electrons. The van der Waals surface area contributed by atoms with Gasteiger partial charge in [0.05, 0.1) is 39.3 Å². The third-order valence-electron chi connectivity index (χ3n) is 14.2. The third-order valence-corrected chi connectivity index (χ3v) is 14.2. The average molecular weight is 858 g/mol. The summed E-state index contributed by atoms with van der Waals surface area (Å²) >= 11 is 0. The second kappa shape index (κ2) is 15.0. The van der Waals surface area contributed by atoms with E-state index in [-0.39, 0.29) is 6.04 Å². The normalized spacial score (nSPS) is 14.8. The molecule has 1 atom stereocenters. The average Bonchev–Trinajstić information content (AvgIpc) is 4.07. The van der Waals surface area contributed by atoms with Gasteiger partial charge in [0.15, 0.2) is 0 Å². The Kier molecular flexibility index (Phi) is 8.47. The topological polar surface area (TPSA) is 40.6 Å². The number of rotatable bonds is 6. The molecule has 0 saturated heterocycles. The van der Waals surface area contributed by atoms with Crippen molar-refractivity contribution < 1.29 is 0 Å². The minimum atomic E-state index is 0.184. The van der Waals surface area contributed by atoms with Crippen LogP contribution in [-0.2, 0) is 6.42 Å². The maximum absolute atomic E-state index is 5.43. The Hall–Kier alpha value is -8.54. The molecule has 0 amide bonds. The number of benzene rings is 8. The monoisotopic (exact) mass is 857 g/mol. The summed E-state index contributed by atoms with van der Waals surface area (Å²) in [6, 6.07) is 66.4. The van der Waals surface area contributed by atoms with E-state index in [2.05, 4.69) is 232 Å². The van der Waals surface area contributed by atoms with Gasteiger partial charge in [0, 0.05) is 55.3 Å². The van der Waals surface area contributed by atoms with Gasteiger partial charge in [-0.05, 0) is 119 Å². The van der Waals surface area contributed by atoms with E-state index >= 15 is 0 Å². The molecule has 67 heavy (non-hydrogen) atoms. The van der Waals surface area contributed by atoms with Gasteiger partial charge >= 0.3 is 0 Å². The van der Waals surface area contributed by atoms with Gasteiger partial charge in [-0.3, -0.25) is 4.57 Å². The van der Waals surface area contributed by atoms with Crippen molar-refractivity contribution in [3.05, 3.63) is 224 Å². The zero-order valence-corrected chi connectivity index (χ0v) is 36.7. The van der Waals surface area contributed by atoms with Crippen LogP contribution in [0.2, 0.25) is 0 Å². The van der Waals surface area contributed by atoms with Crippen molar-refractivity contribution in [1.82, 2.24) is 23.7 Å². The van der Waals surface area contributed by atoms with Gasteiger partial charge in [-0.2, -0.15) is 0 Å². The Morgan fingerprint density at radius 2 is 1.18 bits per heavy atom. The van der Waals surface area contributed by atoms with Crippen LogP contribution in [-0.4, -0.2) is 23.7 Å². The van der Waals surface area contributed by atoms with Crippen LogP contribution < -0.4 is 0 Å². The number of hydrogen-bond acceptors (Lipinski definition) is 2. The van der Waals surface area contributed by atoms with Crippen LogP contribution in [0.1, 0.15) is 30.0 Å². The van der Waals surface area contributed by atoms with Crippen molar-refractivity contribution in [2.45, 2.75) is 25.3 Å². The first-order valence-electron chi connectivity index (χ1n) is 23.4. The van der Waals surface area contributed by atoms with Crippen molar-refractivity contribution in [1.29, 1.82) is 0 Å². The molecule has 0 spiro atoms. The second-order valence-corrected chi connectivity index (χ2v) is 18.1. The molecule has 0 saturated carbocycles. The molecule has 4 heterocycles. The molecular formula is C62H43N5. The fraction of sp³-hybridized carbons (Fsp3) is 0.0645.